The van der Waals surface area contributed by atoms with Gasteiger partial charge in [0.2, 0.25) is 11.8 Å². The summed E-state index contributed by atoms with van der Waals surface area (Å²) in [5.74, 6) is -0.138. The van der Waals surface area contributed by atoms with Crippen LogP contribution in [0.15, 0.2) is 59.1 Å². The van der Waals surface area contributed by atoms with Crippen molar-refractivity contribution in [1.82, 2.24) is 10.3 Å². The van der Waals surface area contributed by atoms with Crippen molar-refractivity contribution in [2.24, 2.45) is 5.73 Å². The molecule has 138 valence electrons. The second-order valence-electron chi connectivity index (χ2n) is 5.59. The summed E-state index contributed by atoms with van der Waals surface area (Å²) in [6.45, 7) is -0.194. The van der Waals surface area contributed by atoms with E-state index in [-0.39, 0.29) is 19.0 Å². The van der Waals surface area contributed by atoms with Crippen molar-refractivity contribution in [3.63, 3.8) is 0 Å². The van der Waals surface area contributed by atoms with Crippen LogP contribution in [-0.4, -0.2) is 23.3 Å². The van der Waals surface area contributed by atoms with Crippen LogP contribution < -0.4 is 15.8 Å². The van der Waals surface area contributed by atoms with E-state index < -0.39 is 11.8 Å². The number of hydrogen-bond acceptors (Lipinski definition) is 5. The zero-order valence-corrected chi connectivity index (χ0v) is 14.1. The maximum absolute atomic E-state index is 13.0. The van der Waals surface area contributed by atoms with Gasteiger partial charge in [0, 0.05) is 11.1 Å². The van der Waals surface area contributed by atoms with Crippen LogP contribution in [0, 0.1) is 5.82 Å². The highest BCUT2D eigenvalue weighted by molar-refractivity contribution is 5.96. The molecule has 0 aliphatic heterocycles. The van der Waals surface area contributed by atoms with Crippen molar-refractivity contribution in [2.75, 3.05) is 6.54 Å². The minimum atomic E-state index is -0.628. The minimum Gasteiger partial charge on any atom is -0.484 e. The van der Waals surface area contributed by atoms with E-state index in [1.165, 1.54) is 24.4 Å². The molecule has 0 saturated heterocycles. The van der Waals surface area contributed by atoms with E-state index in [1.807, 2.05) is 0 Å². The molecule has 0 spiro atoms. The van der Waals surface area contributed by atoms with Gasteiger partial charge in [-0.1, -0.05) is 6.07 Å². The molecule has 7 nitrogen and oxygen atoms in total. The Bertz CT molecular complexity index is 954. The van der Waals surface area contributed by atoms with Crippen molar-refractivity contribution in [3.05, 3.63) is 72.0 Å². The Morgan fingerprint density at radius 3 is 2.70 bits per heavy atom. The summed E-state index contributed by atoms with van der Waals surface area (Å²) in [6.07, 6.45) is 1.53. The fourth-order valence-electron chi connectivity index (χ4n) is 2.27. The number of nitrogens with one attached hydrogen (secondary N) is 1. The third kappa shape index (κ3) is 4.91. The van der Waals surface area contributed by atoms with E-state index >= 15 is 0 Å². The monoisotopic (exact) mass is 369 g/mol. The first-order valence-electron chi connectivity index (χ1n) is 8.01. The number of nitrogens with zero attached hydrogens (tertiary/aromatic N) is 1. The van der Waals surface area contributed by atoms with Crippen LogP contribution in [0.3, 0.4) is 0 Å². The Morgan fingerprint density at radius 2 is 1.96 bits per heavy atom. The Morgan fingerprint density at radius 1 is 1.19 bits per heavy atom. The van der Waals surface area contributed by atoms with E-state index in [2.05, 4.69) is 10.3 Å². The van der Waals surface area contributed by atoms with Crippen LogP contribution in [0.1, 0.15) is 16.2 Å². The van der Waals surface area contributed by atoms with Crippen molar-refractivity contribution in [3.8, 4) is 17.1 Å². The van der Waals surface area contributed by atoms with Crippen LogP contribution in [-0.2, 0) is 11.4 Å². The Labute approximate surface area is 154 Å². The first kappa shape index (κ1) is 18.1. The van der Waals surface area contributed by atoms with Crippen LogP contribution in [0.25, 0.3) is 11.3 Å². The van der Waals surface area contributed by atoms with E-state index in [9.17, 15) is 14.0 Å². The predicted octanol–water partition coefficient (Wildman–Crippen LogP) is 2.27. The number of aromatic nitrogens is 1. The SMILES string of the molecule is NC(=O)CNC(=O)c1cccc(OCc2ncc(-c3ccc(F)cc3)o2)c1. The molecule has 1 heterocycles. The van der Waals surface area contributed by atoms with Gasteiger partial charge in [-0.2, -0.15) is 0 Å². The normalized spacial score (nSPS) is 10.4. The van der Waals surface area contributed by atoms with Gasteiger partial charge in [-0.15, -0.1) is 0 Å². The summed E-state index contributed by atoms with van der Waals surface area (Å²) >= 11 is 0. The summed E-state index contributed by atoms with van der Waals surface area (Å²) in [7, 11) is 0. The lowest BCUT2D eigenvalue weighted by Gasteiger charge is -2.07. The summed E-state index contributed by atoms with van der Waals surface area (Å²) in [5.41, 5.74) is 6.02. The lowest BCUT2D eigenvalue weighted by Crippen LogP contribution is -2.33. The minimum absolute atomic E-state index is 0.0492. The average Bonchev–Trinajstić information content (AvgIpc) is 3.14. The molecular formula is C19H16FN3O4. The Balaban J connectivity index is 1.62. The zero-order chi connectivity index (χ0) is 19.2. The lowest BCUT2D eigenvalue weighted by molar-refractivity contribution is -0.117. The quantitative estimate of drug-likeness (QED) is 0.664. The Kier molecular flexibility index (Phi) is 5.46. The number of primary amides is 1. The van der Waals surface area contributed by atoms with Gasteiger partial charge in [-0.25, -0.2) is 9.37 Å². The van der Waals surface area contributed by atoms with Gasteiger partial charge < -0.3 is 20.2 Å². The molecule has 1 aromatic heterocycles. The second kappa shape index (κ2) is 8.13. The Hall–Kier alpha value is -3.68. The molecule has 0 aliphatic carbocycles. The van der Waals surface area contributed by atoms with Gasteiger partial charge in [-0.05, 0) is 42.5 Å². The molecule has 0 saturated carbocycles. The van der Waals surface area contributed by atoms with Crippen molar-refractivity contribution in [1.29, 1.82) is 0 Å². The summed E-state index contributed by atoms with van der Waals surface area (Å²) < 4.78 is 24.1. The molecule has 2 amide bonds. The van der Waals surface area contributed by atoms with E-state index in [4.69, 9.17) is 14.9 Å². The fraction of sp³-hybridized carbons (Fsp3) is 0.105. The number of hydrogen-bond donors (Lipinski definition) is 2. The van der Waals surface area contributed by atoms with E-state index in [0.717, 1.165) is 0 Å². The van der Waals surface area contributed by atoms with E-state index in [0.29, 0.717) is 28.5 Å². The molecule has 3 N–H and O–H groups in total. The molecule has 3 rings (SSSR count). The van der Waals surface area contributed by atoms with Gasteiger partial charge >= 0.3 is 0 Å². The number of carbonyl (C=O) groups excluding carboxylic acids is 2. The first-order chi connectivity index (χ1) is 13.0. The molecule has 27 heavy (non-hydrogen) atoms. The summed E-state index contributed by atoms with van der Waals surface area (Å²) in [4.78, 5) is 26.8. The topological polar surface area (TPSA) is 107 Å². The highest BCUT2D eigenvalue weighted by atomic mass is 19.1. The molecule has 3 aromatic rings. The average molecular weight is 369 g/mol. The lowest BCUT2D eigenvalue weighted by atomic mass is 10.2. The second-order valence-corrected chi connectivity index (χ2v) is 5.59. The number of rotatable bonds is 7. The third-order valence-corrected chi connectivity index (χ3v) is 3.56. The van der Waals surface area contributed by atoms with Crippen LogP contribution in [0.2, 0.25) is 0 Å². The molecule has 0 atom stereocenters. The number of benzene rings is 2. The van der Waals surface area contributed by atoms with Gasteiger partial charge in [0.25, 0.3) is 5.91 Å². The number of carbonyl (C=O) groups is 2. The van der Waals surface area contributed by atoms with Crippen molar-refractivity contribution < 1.29 is 23.1 Å². The maximum Gasteiger partial charge on any atom is 0.251 e. The summed E-state index contributed by atoms with van der Waals surface area (Å²) in [6, 6.07) is 12.3. The highest BCUT2D eigenvalue weighted by Gasteiger charge is 2.10. The molecule has 0 aliphatic rings. The fourth-order valence-corrected chi connectivity index (χ4v) is 2.27. The molecular weight excluding hydrogens is 353 g/mol. The third-order valence-electron chi connectivity index (χ3n) is 3.56. The largest absolute Gasteiger partial charge is 0.484 e. The highest BCUT2D eigenvalue weighted by Crippen LogP contribution is 2.22. The molecule has 2 aromatic carbocycles. The molecule has 8 heteroatoms. The number of amides is 2. The number of nitrogens with two attached hydrogens (primary N) is 1. The van der Waals surface area contributed by atoms with Crippen molar-refractivity contribution >= 4 is 11.8 Å². The molecule has 0 unspecified atom stereocenters. The van der Waals surface area contributed by atoms with Crippen LogP contribution >= 0.6 is 0 Å². The first-order valence-corrected chi connectivity index (χ1v) is 8.01. The van der Waals surface area contributed by atoms with Gasteiger partial charge in [0.15, 0.2) is 12.4 Å². The number of ether oxygens (including phenoxy) is 1. The molecule has 0 bridgehead atoms. The molecule has 0 radical (unpaired) electrons. The zero-order valence-electron chi connectivity index (χ0n) is 14.1. The number of halogens is 1. The molecule has 0 fully saturated rings. The summed E-state index contributed by atoms with van der Waals surface area (Å²) in [5, 5.41) is 2.40. The smallest absolute Gasteiger partial charge is 0.251 e. The standard InChI is InChI=1S/C19H16FN3O4/c20-14-6-4-12(5-7-14)16-9-22-18(27-16)11-26-15-3-1-2-13(8-15)19(25)23-10-17(21)24/h1-9H,10-11H2,(H2,21,24)(H,23,25). The maximum atomic E-state index is 13.0. The van der Waals surface area contributed by atoms with Gasteiger partial charge in [0.05, 0.1) is 12.7 Å². The van der Waals surface area contributed by atoms with Gasteiger partial charge in [0.1, 0.15) is 11.6 Å². The van der Waals surface area contributed by atoms with Crippen molar-refractivity contribution in [2.45, 2.75) is 6.61 Å². The predicted molar refractivity (Wildman–Crippen MR) is 94.2 cm³/mol. The van der Waals surface area contributed by atoms with Crippen LogP contribution in [0.5, 0.6) is 5.75 Å². The van der Waals surface area contributed by atoms with Crippen LogP contribution in [0.4, 0.5) is 4.39 Å². The van der Waals surface area contributed by atoms with Gasteiger partial charge in [-0.3, -0.25) is 9.59 Å². The van der Waals surface area contributed by atoms with E-state index in [1.54, 1.807) is 30.3 Å². The number of oxazole rings is 1.